The van der Waals surface area contributed by atoms with Gasteiger partial charge in [0, 0.05) is 18.3 Å². The van der Waals surface area contributed by atoms with Crippen molar-refractivity contribution in [3.63, 3.8) is 0 Å². The Labute approximate surface area is 187 Å². The number of hydrogen-bond acceptors (Lipinski definition) is 4. The predicted octanol–water partition coefficient (Wildman–Crippen LogP) is 3.23. The monoisotopic (exact) mass is 450 g/mol. The Hall–Kier alpha value is -3.78. The summed E-state index contributed by atoms with van der Waals surface area (Å²) in [6.45, 7) is 0.118. The maximum atomic E-state index is 13.6. The molecule has 2 aliphatic rings. The van der Waals surface area contributed by atoms with E-state index in [0.717, 1.165) is 11.1 Å². The molecule has 2 N–H and O–H groups in total. The van der Waals surface area contributed by atoms with Gasteiger partial charge in [-0.05, 0) is 46.5 Å². The lowest BCUT2D eigenvalue weighted by Gasteiger charge is -2.31. The predicted molar refractivity (Wildman–Crippen MR) is 114 cm³/mol. The average Bonchev–Trinajstić information content (AvgIpc) is 3.24. The van der Waals surface area contributed by atoms with Crippen LogP contribution >= 0.6 is 11.6 Å². The first-order valence-corrected chi connectivity index (χ1v) is 10.2. The molecule has 5 rings (SSSR count). The quantitative estimate of drug-likeness (QED) is 0.471. The number of carbonyl (C=O) groups excluding carboxylic acids is 3. The van der Waals surface area contributed by atoms with E-state index in [9.17, 15) is 18.8 Å². The van der Waals surface area contributed by atoms with Crippen LogP contribution in [0.5, 0.6) is 0 Å². The van der Waals surface area contributed by atoms with E-state index in [1.807, 2.05) is 0 Å². The van der Waals surface area contributed by atoms with Crippen molar-refractivity contribution in [2.45, 2.75) is 12.1 Å². The molecule has 3 aromatic rings. The molecule has 160 valence electrons. The minimum atomic E-state index is -1.47. The van der Waals surface area contributed by atoms with Crippen molar-refractivity contribution in [3.05, 3.63) is 88.5 Å². The molecule has 1 aromatic heterocycles. The summed E-state index contributed by atoms with van der Waals surface area (Å²) in [6, 6.07) is 14.0. The third kappa shape index (κ3) is 3.29. The van der Waals surface area contributed by atoms with Gasteiger partial charge in [-0.2, -0.15) is 0 Å². The van der Waals surface area contributed by atoms with Crippen LogP contribution in [-0.4, -0.2) is 34.3 Å². The third-order valence-corrected chi connectivity index (χ3v) is 5.96. The summed E-state index contributed by atoms with van der Waals surface area (Å²) in [7, 11) is 0. The molecule has 0 radical (unpaired) electrons. The Morgan fingerprint density at radius 1 is 1.03 bits per heavy atom. The van der Waals surface area contributed by atoms with Crippen LogP contribution < -0.4 is 10.6 Å². The van der Waals surface area contributed by atoms with Gasteiger partial charge in [-0.15, -0.1) is 0 Å². The van der Waals surface area contributed by atoms with E-state index >= 15 is 0 Å². The normalized spacial score (nSPS) is 19.7. The lowest BCUT2D eigenvalue weighted by atomic mass is 9.88. The van der Waals surface area contributed by atoms with E-state index in [4.69, 9.17) is 11.6 Å². The van der Waals surface area contributed by atoms with Crippen molar-refractivity contribution in [2.75, 3.05) is 6.54 Å². The van der Waals surface area contributed by atoms with Crippen molar-refractivity contribution in [2.24, 2.45) is 0 Å². The topological polar surface area (TPSA) is 91.4 Å². The molecular formula is C23H16ClFN4O3. The first-order valence-electron chi connectivity index (χ1n) is 9.79. The Bertz CT molecular complexity index is 1280. The number of aromatic nitrogens is 1. The number of halogens is 2. The van der Waals surface area contributed by atoms with Gasteiger partial charge < -0.3 is 10.2 Å². The highest BCUT2D eigenvalue weighted by molar-refractivity contribution is 6.29. The van der Waals surface area contributed by atoms with Gasteiger partial charge >= 0.3 is 6.03 Å². The summed E-state index contributed by atoms with van der Waals surface area (Å²) in [6.07, 6.45) is 1.59. The highest BCUT2D eigenvalue weighted by Gasteiger charge is 2.50. The summed E-state index contributed by atoms with van der Waals surface area (Å²) in [5.74, 6) is -1.46. The molecule has 1 unspecified atom stereocenters. The number of amides is 4. The maximum absolute atomic E-state index is 13.6. The van der Waals surface area contributed by atoms with E-state index in [1.165, 1.54) is 17.0 Å². The van der Waals surface area contributed by atoms with Gasteiger partial charge in [-0.1, -0.05) is 41.9 Å². The zero-order chi connectivity index (χ0) is 22.5. The summed E-state index contributed by atoms with van der Waals surface area (Å²) < 4.78 is 13.6. The van der Waals surface area contributed by atoms with Crippen LogP contribution in [0.15, 0.2) is 60.8 Å². The molecule has 2 aliphatic heterocycles. The molecule has 4 amide bonds. The standard InChI is InChI=1S/C23H16ClFN4O3/c24-19-9-14(7-8-26-19)13-1-4-16(5-2-13)23(21(31)27-22(32)28-23)12-29-11-15-3-6-17(25)10-18(15)20(29)30/h1-10H,11-12H2,(H2,27,28,31,32). The second kappa shape index (κ2) is 7.42. The molecule has 1 atom stereocenters. The Morgan fingerprint density at radius 3 is 2.50 bits per heavy atom. The van der Waals surface area contributed by atoms with Crippen LogP contribution in [0.4, 0.5) is 9.18 Å². The van der Waals surface area contributed by atoms with Gasteiger partial charge in [-0.3, -0.25) is 14.9 Å². The number of urea groups is 1. The van der Waals surface area contributed by atoms with Gasteiger partial charge in [0.25, 0.3) is 11.8 Å². The number of carbonyl (C=O) groups is 3. The molecule has 0 aliphatic carbocycles. The molecular weight excluding hydrogens is 435 g/mol. The van der Waals surface area contributed by atoms with E-state index in [-0.39, 0.29) is 18.7 Å². The molecule has 1 saturated heterocycles. The second-order valence-electron chi connectivity index (χ2n) is 7.72. The summed E-state index contributed by atoms with van der Waals surface area (Å²) in [5.41, 5.74) is 1.66. The number of benzene rings is 2. The highest BCUT2D eigenvalue weighted by atomic mass is 35.5. The minimum Gasteiger partial charge on any atom is -0.331 e. The summed E-state index contributed by atoms with van der Waals surface area (Å²) >= 11 is 5.97. The number of imide groups is 1. The van der Waals surface area contributed by atoms with E-state index in [0.29, 0.717) is 16.3 Å². The minimum absolute atomic E-state index is 0.0971. The Kier molecular flexibility index (Phi) is 4.67. The van der Waals surface area contributed by atoms with Crippen LogP contribution in [0.3, 0.4) is 0 Å². The first kappa shape index (κ1) is 20.1. The summed E-state index contributed by atoms with van der Waals surface area (Å²) in [5, 5.41) is 5.31. The average molecular weight is 451 g/mol. The smallest absolute Gasteiger partial charge is 0.322 e. The fourth-order valence-corrected chi connectivity index (χ4v) is 4.35. The molecule has 1 fully saturated rings. The third-order valence-electron chi connectivity index (χ3n) is 5.76. The van der Waals surface area contributed by atoms with Crippen molar-refractivity contribution < 1.29 is 18.8 Å². The molecule has 32 heavy (non-hydrogen) atoms. The lowest BCUT2D eigenvalue weighted by Crippen LogP contribution is -2.52. The number of nitrogens with zero attached hydrogens (tertiary/aromatic N) is 2. The van der Waals surface area contributed by atoms with Crippen LogP contribution in [0, 0.1) is 5.82 Å². The molecule has 0 spiro atoms. The molecule has 7 nitrogen and oxygen atoms in total. The highest BCUT2D eigenvalue weighted by Crippen LogP contribution is 2.32. The number of nitrogens with one attached hydrogen (secondary N) is 2. The Morgan fingerprint density at radius 2 is 1.81 bits per heavy atom. The maximum Gasteiger partial charge on any atom is 0.322 e. The fraction of sp³-hybridized carbons (Fsp3) is 0.130. The van der Waals surface area contributed by atoms with Gasteiger partial charge in [0.1, 0.15) is 11.0 Å². The van der Waals surface area contributed by atoms with Gasteiger partial charge in [-0.25, -0.2) is 14.2 Å². The van der Waals surface area contributed by atoms with Crippen LogP contribution in [0.1, 0.15) is 21.5 Å². The van der Waals surface area contributed by atoms with Crippen molar-refractivity contribution in [1.29, 1.82) is 0 Å². The molecule has 9 heteroatoms. The summed E-state index contributed by atoms with van der Waals surface area (Å²) in [4.78, 5) is 43.2. The molecule has 2 aromatic carbocycles. The number of rotatable bonds is 4. The van der Waals surface area contributed by atoms with E-state index in [1.54, 1.807) is 48.7 Å². The van der Waals surface area contributed by atoms with Crippen LogP contribution in [0.2, 0.25) is 5.15 Å². The van der Waals surface area contributed by atoms with E-state index < -0.39 is 29.2 Å². The second-order valence-corrected chi connectivity index (χ2v) is 8.11. The first-order chi connectivity index (χ1) is 15.4. The zero-order valence-electron chi connectivity index (χ0n) is 16.6. The zero-order valence-corrected chi connectivity index (χ0v) is 17.3. The van der Waals surface area contributed by atoms with Crippen molar-refractivity contribution in [3.8, 4) is 11.1 Å². The van der Waals surface area contributed by atoms with Crippen LogP contribution in [-0.2, 0) is 16.9 Å². The fourth-order valence-electron chi connectivity index (χ4n) is 4.17. The largest absolute Gasteiger partial charge is 0.331 e. The van der Waals surface area contributed by atoms with Gasteiger partial charge in [0.2, 0.25) is 0 Å². The SMILES string of the molecule is O=C1NC(=O)C(CN2Cc3ccc(F)cc3C2=O)(c2ccc(-c3ccnc(Cl)c3)cc2)N1. The van der Waals surface area contributed by atoms with E-state index in [2.05, 4.69) is 15.6 Å². The van der Waals surface area contributed by atoms with Crippen molar-refractivity contribution in [1.82, 2.24) is 20.5 Å². The van der Waals surface area contributed by atoms with Gasteiger partial charge in [0.15, 0.2) is 5.54 Å². The van der Waals surface area contributed by atoms with Gasteiger partial charge in [0.05, 0.1) is 6.54 Å². The number of fused-ring (bicyclic) bond motifs is 1. The number of pyridine rings is 1. The number of hydrogen-bond donors (Lipinski definition) is 2. The molecule has 0 bridgehead atoms. The van der Waals surface area contributed by atoms with Crippen LogP contribution in [0.25, 0.3) is 11.1 Å². The molecule has 0 saturated carbocycles. The van der Waals surface area contributed by atoms with Crippen molar-refractivity contribution >= 4 is 29.4 Å². The Balaban J connectivity index is 1.49. The lowest BCUT2D eigenvalue weighted by molar-refractivity contribution is -0.124. The molecule has 3 heterocycles.